The molecule has 0 aliphatic heterocycles. The normalized spacial score (nSPS) is 10.7. The summed E-state index contributed by atoms with van der Waals surface area (Å²) in [5.74, 6) is 0.302. The van der Waals surface area contributed by atoms with Gasteiger partial charge in [0.25, 0.3) is 0 Å². The first-order valence-electron chi connectivity index (χ1n) is 8.04. The van der Waals surface area contributed by atoms with Crippen molar-refractivity contribution >= 4 is 49.7 Å². The van der Waals surface area contributed by atoms with Crippen molar-refractivity contribution in [1.29, 1.82) is 0 Å². The van der Waals surface area contributed by atoms with Gasteiger partial charge in [-0.3, -0.25) is 10.1 Å². The van der Waals surface area contributed by atoms with Crippen LogP contribution in [0, 0.1) is 10.1 Å². The van der Waals surface area contributed by atoms with E-state index in [1.54, 1.807) is 11.9 Å². The van der Waals surface area contributed by atoms with E-state index in [4.69, 9.17) is 0 Å². The Hall–Kier alpha value is -3.59. The number of nitro groups is 1. The molecule has 0 radical (unpaired) electrons. The number of hydrogen-bond donors (Lipinski definition) is 1. The first-order chi connectivity index (χ1) is 13.1. The van der Waals surface area contributed by atoms with Crippen molar-refractivity contribution in [2.24, 2.45) is 0 Å². The SMILES string of the molecule is CN(c1ccccc1)c1ncnc(Nc2nc3ccccc3s2)c1[N+](=O)[O-]. The van der Waals surface area contributed by atoms with Crippen molar-refractivity contribution in [3.63, 3.8) is 0 Å². The molecule has 0 aliphatic carbocycles. The molecule has 2 aromatic heterocycles. The zero-order chi connectivity index (χ0) is 18.8. The van der Waals surface area contributed by atoms with Gasteiger partial charge in [0, 0.05) is 12.7 Å². The van der Waals surface area contributed by atoms with E-state index in [-0.39, 0.29) is 17.3 Å². The van der Waals surface area contributed by atoms with Gasteiger partial charge in [-0.25, -0.2) is 15.0 Å². The Balaban J connectivity index is 1.75. The van der Waals surface area contributed by atoms with Crippen LogP contribution >= 0.6 is 11.3 Å². The zero-order valence-corrected chi connectivity index (χ0v) is 15.1. The Bertz CT molecular complexity index is 1080. The number of nitrogens with zero attached hydrogens (tertiary/aromatic N) is 5. The summed E-state index contributed by atoms with van der Waals surface area (Å²) in [4.78, 5) is 25.6. The number of benzene rings is 2. The van der Waals surface area contributed by atoms with E-state index in [0.717, 1.165) is 15.9 Å². The lowest BCUT2D eigenvalue weighted by molar-refractivity contribution is -0.383. The molecular weight excluding hydrogens is 364 g/mol. The molecule has 2 heterocycles. The van der Waals surface area contributed by atoms with Crippen LogP contribution in [-0.4, -0.2) is 26.9 Å². The molecule has 0 bridgehead atoms. The molecule has 134 valence electrons. The topological polar surface area (TPSA) is 97.1 Å². The zero-order valence-electron chi connectivity index (χ0n) is 14.2. The number of aromatic nitrogens is 3. The van der Waals surface area contributed by atoms with Crippen molar-refractivity contribution < 1.29 is 4.92 Å². The fourth-order valence-corrected chi connectivity index (χ4v) is 3.54. The summed E-state index contributed by atoms with van der Waals surface area (Å²) in [5.41, 5.74) is 1.40. The van der Waals surface area contributed by atoms with Crippen molar-refractivity contribution in [2.75, 3.05) is 17.3 Å². The molecule has 0 atom stereocenters. The van der Waals surface area contributed by atoms with Crippen LogP contribution in [0.1, 0.15) is 0 Å². The molecule has 0 spiro atoms. The summed E-state index contributed by atoms with van der Waals surface area (Å²) in [6.07, 6.45) is 1.30. The van der Waals surface area contributed by atoms with Gasteiger partial charge in [0.2, 0.25) is 11.6 Å². The molecule has 2 aromatic carbocycles. The third-order valence-electron chi connectivity index (χ3n) is 3.97. The maximum atomic E-state index is 11.8. The summed E-state index contributed by atoms with van der Waals surface area (Å²) >= 11 is 1.40. The number of thiazole rings is 1. The maximum absolute atomic E-state index is 11.8. The predicted octanol–water partition coefficient (Wildman–Crippen LogP) is 4.51. The third-order valence-corrected chi connectivity index (χ3v) is 4.92. The monoisotopic (exact) mass is 378 g/mol. The Kier molecular flexibility index (Phi) is 4.35. The Morgan fingerprint density at radius 3 is 2.56 bits per heavy atom. The van der Waals surface area contributed by atoms with E-state index >= 15 is 0 Å². The van der Waals surface area contributed by atoms with Gasteiger partial charge in [0.1, 0.15) is 6.33 Å². The molecule has 8 nitrogen and oxygen atoms in total. The molecule has 0 fully saturated rings. The van der Waals surface area contributed by atoms with E-state index in [9.17, 15) is 10.1 Å². The fourth-order valence-electron chi connectivity index (χ4n) is 2.68. The Morgan fingerprint density at radius 1 is 1.07 bits per heavy atom. The van der Waals surface area contributed by atoms with Crippen LogP contribution in [0.15, 0.2) is 60.9 Å². The van der Waals surface area contributed by atoms with E-state index in [0.29, 0.717) is 5.13 Å². The average Bonchev–Trinajstić information content (AvgIpc) is 3.10. The van der Waals surface area contributed by atoms with E-state index in [1.807, 2.05) is 54.6 Å². The van der Waals surface area contributed by atoms with Crippen molar-refractivity contribution in [3.05, 3.63) is 71.0 Å². The van der Waals surface area contributed by atoms with Crippen LogP contribution in [0.3, 0.4) is 0 Å². The molecule has 9 heteroatoms. The van der Waals surface area contributed by atoms with E-state index in [1.165, 1.54) is 17.7 Å². The van der Waals surface area contributed by atoms with E-state index in [2.05, 4.69) is 20.3 Å². The number of rotatable bonds is 5. The highest BCUT2D eigenvalue weighted by Gasteiger charge is 2.26. The summed E-state index contributed by atoms with van der Waals surface area (Å²) in [6.45, 7) is 0. The van der Waals surface area contributed by atoms with Gasteiger partial charge in [-0.05, 0) is 24.3 Å². The molecule has 0 aliphatic rings. The molecule has 27 heavy (non-hydrogen) atoms. The second-order valence-electron chi connectivity index (χ2n) is 5.66. The highest BCUT2D eigenvalue weighted by atomic mass is 32.1. The van der Waals surface area contributed by atoms with Gasteiger partial charge in [-0.1, -0.05) is 41.7 Å². The minimum atomic E-state index is -0.482. The van der Waals surface area contributed by atoms with Crippen LogP contribution in [0.2, 0.25) is 0 Å². The first-order valence-corrected chi connectivity index (χ1v) is 8.86. The number of anilines is 4. The van der Waals surface area contributed by atoms with Crippen molar-refractivity contribution in [2.45, 2.75) is 0 Å². The van der Waals surface area contributed by atoms with Crippen LogP contribution in [0.25, 0.3) is 10.2 Å². The van der Waals surface area contributed by atoms with Crippen LogP contribution in [0.5, 0.6) is 0 Å². The molecule has 4 rings (SSSR count). The summed E-state index contributed by atoms with van der Waals surface area (Å²) in [5, 5.41) is 15.3. The van der Waals surface area contributed by atoms with Crippen LogP contribution < -0.4 is 10.2 Å². The second kappa shape index (κ2) is 6.96. The van der Waals surface area contributed by atoms with Gasteiger partial charge in [0.15, 0.2) is 5.13 Å². The Morgan fingerprint density at radius 2 is 1.81 bits per heavy atom. The smallest absolute Gasteiger partial charge is 0.324 e. The summed E-state index contributed by atoms with van der Waals surface area (Å²) < 4.78 is 0.985. The van der Waals surface area contributed by atoms with Crippen LogP contribution in [0.4, 0.5) is 28.1 Å². The first kappa shape index (κ1) is 16.9. The number of hydrogen-bond acceptors (Lipinski definition) is 8. The maximum Gasteiger partial charge on any atom is 0.354 e. The summed E-state index contributed by atoms with van der Waals surface area (Å²) in [7, 11) is 1.73. The van der Waals surface area contributed by atoms with Gasteiger partial charge < -0.3 is 10.2 Å². The van der Waals surface area contributed by atoms with Gasteiger partial charge in [0.05, 0.1) is 15.1 Å². The highest BCUT2D eigenvalue weighted by Crippen LogP contribution is 2.37. The molecule has 4 aromatic rings. The van der Waals surface area contributed by atoms with Crippen molar-refractivity contribution in [1.82, 2.24) is 15.0 Å². The number of fused-ring (bicyclic) bond motifs is 1. The number of para-hydroxylation sites is 2. The fraction of sp³-hybridized carbons (Fsp3) is 0.0556. The van der Waals surface area contributed by atoms with E-state index < -0.39 is 4.92 Å². The minimum absolute atomic E-state index is 0.104. The molecule has 0 saturated heterocycles. The van der Waals surface area contributed by atoms with Gasteiger partial charge in [-0.2, -0.15) is 0 Å². The standard InChI is InChI=1S/C18H14N6O2S/c1-23(12-7-3-2-4-8-12)17-15(24(25)26)16(19-11-20-17)22-18-21-13-9-5-6-10-14(13)27-18/h2-11H,1H3,(H,19,20,21,22). The average molecular weight is 378 g/mol. The molecule has 0 unspecified atom stereocenters. The third kappa shape index (κ3) is 3.27. The van der Waals surface area contributed by atoms with Crippen LogP contribution in [-0.2, 0) is 0 Å². The highest BCUT2D eigenvalue weighted by molar-refractivity contribution is 7.22. The molecular formula is C18H14N6O2S. The minimum Gasteiger partial charge on any atom is -0.324 e. The lowest BCUT2D eigenvalue weighted by Crippen LogP contribution is -2.14. The summed E-state index contributed by atoms with van der Waals surface area (Å²) in [6, 6.07) is 17.0. The van der Waals surface area contributed by atoms with Gasteiger partial charge >= 0.3 is 5.69 Å². The second-order valence-corrected chi connectivity index (χ2v) is 6.69. The predicted molar refractivity (Wildman–Crippen MR) is 106 cm³/mol. The quantitative estimate of drug-likeness (QED) is 0.403. The largest absolute Gasteiger partial charge is 0.354 e. The lowest BCUT2D eigenvalue weighted by atomic mass is 10.3. The number of nitrogens with one attached hydrogen (secondary N) is 1. The molecule has 0 amide bonds. The molecule has 0 saturated carbocycles. The van der Waals surface area contributed by atoms with Crippen molar-refractivity contribution in [3.8, 4) is 0 Å². The lowest BCUT2D eigenvalue weighted by Gasteiger charge is -2.18. The Labute approximate surface area is 158 Å². The van der Waals surface area contributed by atoms with Gasteiger partial charge in [-0.15, -0.1) is 0 Å². The molecule has 1 N–H and O–H groups in total.